The number of hydrogen-bond acceptors (Lipinski definition) is 3. The third-order valence-corrected chi connectivity index (χ3v) is 2.35. The van der Waals surface area contributed by atoms with Crippen LogP contribution in [-0.2, 0) is 5.60 Å². The van der Waals surface area contributed by atoms with E-state index in [9.17, 15) is 9.50 Å². The van der Waals surface area contributed by atoms with Crippen LogP contribution in [0, 0.1) is 12.7 Å². The van der Waals surface area contributed by atoms with Crippen LogP contribution in [0.25, 0.3) is 0 Å². The van der Waals surface area contributed by atoms with Crippen molar-refractivity contribution in [3.05, 3.63) is 29.1 Å². The van der Waals surface area contributed by atoms with E-state index in [4.69, 9.17) is 10.5 Å². The lowest BCUT2D eigenvalue weighted by Crippen LogP contribution is -2.32. The van der Waals surface area contributed by atoms with Crippen molar-refractivity contribution in [1.29, 1.82) is 0 Å². The van der Waals surface area contributed by atoms with Crippen molar-refractivity contribution in [2.24, 2.45) is 5.73 Å². The van der Waals surface area contributed by atoms with Gasteiger partial charge < -0.3 is 15.6 Å². The van der Waals surface area contributed by atoms with E-state index in [0.29, 0.717) is 5.75 Å². The molecule has 0 fully saturated rings. The van der Waals surface area contributed by atoms with E-state index in [0.717, 1.165) is 5.56 Å². The van der Waals surface area contributed by atoms with Crippen LogP contribution in [0.4, 0.5) is 4.39 Å². The third-order valence-electron chi connectivity index (χ3n) is 2.35. The Bertz CT molecular complexity index is 364. The molecule has 0 amide bonds. The summed E-state index contributed by atoms with van der Waals surface area (Å²) in [7, 11) is 1.43. The molecular weight excluding hydrogens is 197 g/mol. The van der Waals surface area contributed by atoms with Crippen LogP contribution in [0.3, 0.4) is 0 Å². The molecule has 4 heteroatoms. The Morgan fingerprint density at radius 1 is 1.53 bits per heavy atom. The molecule has 0 aliphatic heterocycles. The Labute approximate surface area is 88.7 Å². The molecule has 1 atom stereocenters. The number of aliphatic hydroxyl groups is 1. The maximum atomic E-state index is 13.7. The minimum atomic E-state index is -1.41. The molecule has 84 valence electrons. The summed E-state index contributed by atoms with van der Waals surface area (Å²) in [6.45, 7) is 3.15. The Balaban J connectivity index is 3.39. The van der Waals surface area contributed by atoms with Gasteiger partial charge in [0.15, 0.2) is 0 Å². The molecule has 0 aliphatic rings. The van der Waals surface area contributed by atoms with Gasteiger partial charge in [0.25, 0.3) is 0 Å². The number of benzene rings is 1. The molecule has 0 spiro atoms. The zero-order valence-corrected chi connectivity index (χ0v) is 9.17. The Hall–Kier alpha value is -1.13. The van der Waals surface area contributed by atoms with Crippen LogP contribution in [0.5, 0.6) is 5.75 Å². The Kier molecular flexibility index (Phi) is 3.31. The van der Waals surface area contributed by atoms with E-state index in [1.807, 2.05) is 0 Å². The van der Waals surface area contributed by atoms with Crippen LogP contribution < -0.4 is 10.5 Å². The Morgan fingerprint density at radius 2 is 2.13 bits per heavy atom. The first-order chi connectivity index (χ1) is 6.92. The van der Waals surface area contributed by atoms with Crippen molar-refractivity contribution in [2.45, 2.75) is 19.4 Å². The van der Waals surface area contributed by atoms with Gasteiger partial charge in [-0.15, -0.1) is 0 Å². The average Bonchev–Trinajstić information content (AvgIpc) is 2.15. The highest BCUT2D eigenvalue weighted by Crippen LogP contribution is 2.32. The SMILES string of the molecule is COc1cc(C)cc(F)c1C(C)(O)CN. The summed E-state index contributed by atoms with van der Waals surface area (Å²) in [5.41, 5.74) is 4.83. The zero-order valence-electron chi connectivity index (χ0n) is 9.17. The molecule has 0 radical (unpaired) electrons. The molecule has 3 N–H and O–H groups in total. The zero-order chi connectivity index (χ0) is 11.6. The largest absolute Gasteiger partial charge is 0.496 e. The van der Waals surface area contributed by atoms with Gasteiger partial charge in [0, 0.05) is 6.54 Å². The predicted molar refractivity (Wildman–Crippen MR) is 56.3 cm³/mol. The average molecular weight is 213 g/mol. The quantitative estimate of drug-likeness (QED) is 0.796. The van der Waals surface area contributed by atoms with Gasteiger partial charge >= 0.3 is 0 Å². The van der Waals surface area contributed by atoms with Crippen LogP contribution in [0.2, 0.25) is 0 Å². The molecule has 0 saturated carbocycles. The minimum absolute atomic E-state index is 0.0661. The highest BCUT2D eigenvalue weighted by atomic mass is 19.1. The predicted octanol–water partition coefficient (Wildman–Crippen LogP) is 1.31. The van der Waals surface area contributed by atoms with Crippen LogP contribution in [0.1, 0.15) is 18.1 Å². The summed E-state index contributed by atoms with van der Waals surface area (Å²) in [6, 6.07) is 3.02. The van der Waals surface area contributed by atoms with E-state index in [1.54, 1.807) is 13.0 Å². The summed E-state index contributed by atoms with van der Waals surface area (Å²) >= 11 is 0. The van der Waals surface area contributed by atoms with Gasteiger partial charge in [0.2, 0.25) is 0 Å². The molecule has 1 rings (SSSR count). The van der Waals surface area contributed by atoms with E-state index in [1.165, 1.54) is 20.1 Å². The highest BCUT2D eigenvalue weighted by Gasteiger charge is 2.29. The lowest BCUT2D eigenvalue weighted by atomic mass is 9.93. The first-order valence-corrected chi connectivity index (χ1v) is 4.69. The fraction of sp³-hybridized carbons (Fsp3) is 0.455. The number of rotatable bonds is 3. The van der Waals surface area contributed by atoms with Gasteiger partial charge in [-0.1, -0.05) is 0 Å². The number of halogens is 1. The van der Waals surface area contributed by atoms with Gasteiger partial charge in [-0.2, -0.15) is 0 Å². The van der Waals surface area contributed by atoms with Gasteiger partial charge in [-0.05, 0) is 31.5 Å². The van der Waals surface area contributed by atoms with E-state index in [2.05, 4.69) is 0 Å². The van der Waals surface area contributed by atoms with Gasteiger partial charge in [-0.25, -0.2) is 4.39 Å². The van der Waals surface area contributed by atoms with Crippen molar-refractivity contribution in [1.82, 2.24) is 0 Å². The summed E-state index contributed by atoms with van der Waals surface area (Å²) < 4.78 is 18.7. The summed E-state index contributed by atoms with van der Waals surface area (Å²) in [5.74, 6) is -0.176. The highest BCUT2D eigenvalue weighted by molar-refractivity contribution is 5.42. The number of methoxy groups -OCH3 is 1. The number of nitrogens with two attached hydrogens (primary N) is 1. The first kappa shape index (κ1) is 11.9. The van der Waals surface area contributed by atoms with Gasteiger partial charge in [0.05, 0.1) is 12.7 Å². The van der Waals surface area contributed by atoms with E-state index in [-0.39, 0.29) is 12.1 Å². The Morgan fingerprint density at radius 3 is 2.60 bits per heavy atom. The first-order valence-electron chi connectivity index (χ1n) is 4.69. The van der Waals surface area contributed by atoms with Crippen molar-refractivity contribution in [3.63, 3.8) is 0 Å². The lowest BCUT2D eigenvalue weighted by Gasteiger charge is -2.24. The fourth-order valence-corrected chi connectivity index (χ4v) is 1.50. The van der Waals surface area contributed by atoms with Crippen LogP contribution in [0.15, 0.2) is 12.1 Å². The van der Waals surface area contributed by atoms with Crippen molar-refractivity contribution < 1.29 is 14.2 Å². The second-order valence-corrected chi connectivity index (χ2v) is 3.80. The van der Waals surface area contributed by atoms with Crippen LogP contribution >= 0.6 is 0 Å². The van der Waals surface area contributed by atoms with Crippen LogP contribution in [-0.4, -0.2) is 18.8 Å². The normalized spacial score (nSPS) is 14.8. The molecule has 0 saturated heterocycles. The molecule has 1 unspecified atom stereocenters. The molecule has 3 nitrogen and oxygen atoms in total. The molecule has 15 heavy (non-hydrogen) atoms. The number of ether oxygens (including phenoxy) is 1. The topological polar surface area (TPSA) is 55.5 Å². The third kappa shape index (κ3) is 2.27. The summed E-state index contributed by atoms with van der Waals surface area (Å²) in [6.07, 6.45) is 0. The van der Waals surface area contributed by atoms with Gasteiger partial charge in [0.1, 0.15) is 17.2 Å². The maximum Gasteiger partial charge on any atom is 0.133 e. The monoisotopic (exact) mass is 213 g/mol. The smallest absolute Gasteiger partial charge is 0.133 e. The van der Waals surface area contributed by atoms with Crippen molar-refractivity contribution in [3.8, 4) is 5.75 Å². The molecule has 0 bridgehead atoms. The molecule has 0 heterocycles. The molecule has 1 aromatic carbocycles. The fourth-order valence-electron chi connectivity index (χ4n) is 1.50. The minimum Gasteiger partial charge on any atom is -0.496 e. The number of hydrogen-bond donors (Lipinski definition) is 2. The lowest BCUT2D eigenvalue weighted by molar-refractivity contribution is 0.0600. The second-order valence-electron chi connectivity index (χ2n) is 3.80. The molecular formula is C11H16FNO2. The molecule has 1 aromatic rings. The molecule has 0 aromatic heterocycles. The second kappa shape index (κ2) is 4.16. The summed E-state index contributed by atoms with van der Waals surface area (Å²) in [5, 5.41) is 9.93. The number of aryl methyl sites for hydroxylation is 1. The van der Waals surface area contributed by atoms with Crippen molar-refractivity contribution in [2.75, 3.05) is 13.7 Å². The molecule has 0 aliphatic carbocycles. The van der Waals surface area contributed by atoms with E-state index < -0.39 is 11.4 Å². The summed E-state index contributed by atoms with van der Waals surface area (Å²) in [4.78, 5) is 0. The van der Waals surface area contributed by atoms with Crippen molar-refractivity contribution >= 4 is 0 Å². The standard InChI is InChI=1S/C11H16FNO2/c1-7-4-8(12)10(9(5-7)15-3)11(2,14)6-13/h4-5,14H,6,13H2,1-3H3. The maximum absolute atomic E-state index is 13.7. The van der Waals surface area contributed by atoms with Gasteiger partial charge in [-0.3, -0.25) is 0 Å². The van der Waals surface area contributed by atoms with E-state index >= 15 is 0 Å².